The van der Waals surface area contributed by atoms with Gasteiger partial charge in [0.25, 0.3) is 0 Å². The second-order valence-corrected chi connectivity index (χ2v) is 9.89. The van der Waals surface area contributed by atoms with Crippen LogP contribution >= 0.6 is 0 Å². The molecule has 1 aliphatic heterocycles. The molecule has 8 rings (SSSR count). The van der Waals surface area contributed by atoms with E-state index in [9.17, 15) is 0 Å². The summed E-state index contributed by atoms with van der Waals surface area (Å²) in [6.07, 6.45) is 1.88. The topological polar surface area (TPSA) is 38.2 Å². The minimum absolute atomic E-state index is 0.802. The summed E-state index contributed by atoms with van der Waals surface area (Å²) in [6.45, 7) is 0. The molecule has 0 spiro atoms. The average molecular weight is 514 g/mol. The molecule has 40 heavy (non-hydrogen) atoms. The van der Waals surface area contributed by atoms with Crippen LogP contribution in [0.5, 0.6) is 11.5 Å². The van der Waals surface area contributed by atoms with Crippen LogP contribution < -0.4 is 9.64 Å². The maximum absolute atomic E-state index is 6.66. The van der Waals surface area contributed by atoms with Crippen molar-refractivity contribution in [2.45, 2.75) is 0 Å². The summed E-state index contributed by atoms with van der Waals surface area (Å²) in [5.74, 6) is 1.60. The van der Waals surface area contributed by atoms with Crippen molar-refractivity contribution in [3.8, 4) is 33.9 Å². The molecule has 1 aromatic heterocycles. The lowest BCUT2D eigenvalue weighted by Crippen LogP contribution is -2.19. The molecule has 0 unspecified atom stereocenters. The van der Waals surface area contributed by atoms with E-state index >= 15 is 0 Å². The second kappa shape index (κ2) is 9.07. The third-order valence-corrected chi connectivity index (χ3v) is 7.57. The van der Waals surface area contributed by atoms with Crippen LogP contribution in [0.2, 0.25) is 0 Å². The first-order valence-electron chi connectivity index (χ1n) is 13.3. The van der Waals surface area contributed by atoms with Crippen LogP contribution in [-0.2, 0) is 0 Å². The highest BCUT2D eigenvalue weighted by Gasteiger charge is 2.33. The minimum atomic E-state index is 0.802. The van der Waals surface area contributed by atoms with E-state index in [-0.39, 0.29) is 0 Å². The van der Waals surface area contributed by atoms with Gasteiger partial charge in [0, 0.05) is 21.9 Å². The number of hydrogen-bond donors (Lipinski definition) is 0. The molecule has 0 saturated heterocycles. The van der Waals surface area contributed by atoms with Gasteiger partial charge in [0.15, 0.2) is 11.5 Å². The number of rotatable bonds is 3. The van der Waals surface area contributed by atoms with Gasteiger partial charge in [-0.2, -0.15) is 5.10 Å². The number of anilines is 3. The Morgan fingerprint density at radius 2 is 1.00 bits per heavy atom. The minimum Gasteiger partial charge on any atom is -0.453 e. The van der Waals surface area contributed by atoms with Crippen molar-refractivity contribution in [2.75, 3.05) is 4.90 Å². The molecule has 4 heteroatoms. The maximum Gasteiger partial charge on any atom is 0.152 e. The quantitative estimate of drug-likeness (QED) is 0.236. The average Bonchev–Trinajstić information content (AvgIpc) is 3.04. The summed E-state index contributed by atoms with van der Waals surface area (Å²) in [6, 6.07) is 46.1. The monoisotopic (exact) mass is 513 g/mol. The highest BCUT2D eigenvalue weighted by atomic mass is 16.5. The fraction of sp³-hybridized carbons (Fsp3) is 0. The first-order chi connectivity index (χ1) is 19.9. The maximum atomic E-state index is 6.66. The van der Waals surface area contributed by atoms with E-state index < -0.39 is 0 Å². The molecule has 4 nitrogen and oxygen atoms in total. The SMILES string of the molecule is c1ccc(-c2cnnc(-c3ccccc3)c2N2c3c(ccc4ccccc34)Oc3ccc4ccccc4c32)cc1. The van der Waals surface area contributed by atoms with Crippen LogP contribution in [0.3, 0.4) is 0 Å². The third-order valence-electron chi connectivity index (χ3n) is 7.57. The van der Waals surface area contributed by atoms with Crippen LogP contribution in [0.4, 0.5) is 17.1 Å². The van der Waals surface area contributed by atoms with Crippen molar-refractivity contribution in [1.29, 1.82) is 0 Å². The van der Waals surface area contributed by atoms with Gasteiger partial charge < -0.3 is 4.74 Å². The van der Waals surface area contributed by atoms with Crippen molar-refractivity contribution < 1.29 is 4.74 Å². The Kier molecular flexibility index (Phi) is 5.10. The molecule has 1 aliphatic rings. The van der Waals surface area contributed by atoms with Crippen molar-refractivity contribution in [2.24, 2.45) is 0 Å². The Bertz CT molecular complexity index is 1890. The van der Waals surface area contributed by atoms with E-state index in [1.165, 1.54) is 0 Å². The van der Waals surface area contributed by atoms with Gasteiger partial charge >= 0.3 is 0 Å². The molecule has 0 fully saturated rings. The predicted octanol–water partition coefficient (Wildman–Crippen LogP) is 9.69. The highest BCUT2D eigenvalue weighted by molar-refractivity contribution is 6.12. The van der Waals surface area contributed by atoms with Crippen LogP contribution in [0.25, 0.3) is 43.9 Å². The van der Waals surface area contributed by atoms with Crippen molar-refractivity contribution in [1.82, 2.24) is 10.2 Å². The summed E-state index contributed by atoms with van der Waals surface area (Å²) in [7, 11) is 0. The van der Waals surface area contributed by atoms with E-state index in [2.05, 4.69) is 119 Å². The fourth-order valence-corrected chi connectivity index (χ4v) is 5.78. The van der Waals surface area contributed by atoms with E-state index in [0.717, 1.165) is 72.5 Å². The van der Waals surface area contributed by atoms with Gasteiger partial charge in [-0.15, -0.1) is 5.10 Å². The molecule has 0 saturated carbocycles. The van der Waals surface area contributed by atoms with Gasteiger partial charge in [-0.25, -0.2) is 0 Å². The number of benzene rings is 6. The van der Waals surface area contributed by atoms with Gasteiger partial charge in [-0.3, -0.25) is 4.90 Å². The molecule has 0 amide bonds. The van der Waals surface area contributed by atoms with Crippen LogP contribution in [0, 0.1) is 0 Å². The zero-order valence-corrected chi connectivity index (χ0v) is 21.5. The summed E-state index contributed by atoms with van der Waals surface area (Å²) in [4.78, 5) is 2.36. The Morgan fingerprint density at radius 1 is 0.475 bits per heavy atom. The predicted molar refractivity (Wildman–Crippen MR) is 163 cm³/mol. The highest BCUT2D eigenvalue weighted by Crippen LogP contribution is 2.58. The number of nitrogens with zero attached hydrogens (tertiary/aromatic N) is 3. The molecule has 0 bridgehead atoms. The van der Waals surface area contributed by atoms with Crippen molar-refractivity contribution in [3.63, 3.8) is 0 Å². The van der Waals surface area contributed by atoms with E-state index in [4.69, 9.17) is 9.84 Å². The molecule has 0 atom stereocenters. The normalized spacial score (nSPS) is 12.2. The zero-order valence-electron chi connectivity index (χ0n) is 21.5. The van der Waals surface area contributed by atoms with E-state index in [0.29, 0.717) is 0 Å². The Morgan fingerprint density at radius 3 is 1.60 bits per heavy atom. The lowest BCUT2D eigenvalue weighted by atomic mass is 9.96. The van der Waals surface area contributed by atoms with Gasteiger partial charge in [-0.1, -0.05) is 121 Å². The fourth-order valence-electron chi connectivity index (χ4n) is 5.78. The molecule has 0 aliphatic carbocycles. The molecule has 2 heterocycles. The first kappa shape index (κ1) is 22.5. The number of aromatic nitrogens is 2. The second-order valence-electron chi connectivity index (χ2n) is 9.89. The summed E-state index contributed by atoms with van der Waals surface area (Å²) in [5, 5.41) is 13.8. The number of hydrogen-bond acceptors (Lipinski definition) is 4. The molecular formula is C36H23N3O. The summed E-state index contributed by atoms with van der Waals surface area (Å²) >= 11 is 0. The van der Waals surface area contributed by atoms with E-state index in [1.807, 2.05) is 30.5 Å². The Labute approximate surface area is 231 Å². The standard InChI is InChI=1S/C36H23N3O/c1-3-11-24(12-4-1)30-23-37-38-33(27-15-5-2-6-16-27)36(30)39-34-28-17-9-7-13-25(28)19-21-31(34)40-32-22-20-26-14-8-10-18-29(26)35(32)39/h1-23H. The molecule has 0 radical (unpaired) electrons. The van der Waals surface area contributed by atoms with Crippen molar-refractivity contribution in [3.05, 3.63) is 140 Å². The number of ether oxygens (including phenoxy) is 1. The first-order valence-corrected chi connectivity index (χ1v) is 13.3. The van der Waals surface area contributed by atoms with Gasteiger partial charge in [0.1, 0.15) is 5.69 Å². The largest absolute Gasteiger partial charge is 0.453 e. The molecule has 188 valence electrons. The van der Waals surface area contributed by atoms with Gasteiger partial charge in [0.2, 0.25) is 0 Å². The van der Waals surface area contributed by atoms with Crippen LogP contribution in [-0.4, -0.2) is 10.2 Å². The molecule has 0 N–H and O–H groups in total. The third kappa shape index (κ3) is 3.47. The summed E-state index contributed by atoms with van der Waals surface area (Å²) < 4.78 is 6.66. The molecule has 6 aromatic carbocycles. The Hall–Kier alpha value is -5.48. The van der Waals surface area contributed by atoms with Gasteiger partial charge in [-0.05, 0) is 28.5 Å². The van der Waals surface area contributed by atoms with E-state index in [1.54, 1.807) is 0 Å². The molecule has 7 aromatic rings. The van der Waals surface area contributed by atoms with Crippen LogP contribution in [0.15, 0.2) is 140 Å². The van der Waals surface area contributed by atoms with Crippen LogP contribution in [0.1, 0.15) is 0 Å². The summed E-state index contributed by atoms with van der Waals surface area (Å²) in [5.41, 5.74) is 6.81. The lowest BCUT2D eigenvalue weighted by Gasteiger charge is -2.36. The Balaban J connectivity index is 1.57. The van der Waals surface area contributed by atoms with Crippen molar-refractivity contribution >= 4 is 38.6 Å². The van der Waals surface area contributed by atoms with Gasteiger partial charge in [0.05, 0.1) is 23.3 Å². The zero-order chi connectivity index (χ0) is 26.5. The molecular weight excluding hydrogens is 490 g/mol. The lowest BCUT2D eigenvalue weighted by molar-refractivity contribution is 0.479. The smallest absolute Gasteiger partial charge is 0.152 e. The number of fused-ring (bicyclic) bond motifs is 6.